The van der Waals surface area contributed by atoms with Crippen LogP contribution in [0.1, 0.15) is 26.7 Å². The number of hydrogen-bond donors (Lipinski definition) is 2. The van der Waals surface area contributed by atoms with Crippen molar-refractivity contribution in [2.75, 3.05) is 40.3 Å². The number of hydrogen-bond acceptors (Lipinski definition) is 3. The normalized spacial score (nSPS) is 18.3. The van der Waals surface area contributed by atoms with Crippen LogP contribution in [0.5, 0.6) is 0 Å². The summed E-state index contributed by atoms with van der Waals surface area (Å²) in [5.74, 6) is 0. The molecule has 2 N–H and O–H groups in total. The van der Waals surface area contributed by atoms with Gasteiger partial charge in [-0.15, -0.1) is 0 Å². The maximum atomic E-state index is 11.6. The first-order chi connectivity index (χ1) is 8.47. The van der Waals surface area contributed by atoms with Crippen molar-refractivity contribution >= 4 is 6.03 Å². The van der Waals surface area contributed by atoms with E-state index in [-0.39, 0.29) is 12.1 Å². The fourth-order valence-corrected chi connectivity index (χ4v) is 2.13. The number of likely N-dealkylation sites (N-methyl/N-ethyl adjacent to an activating group) is 1. The Morgan fingerprint density at radius 1 is 1.33 bits per heavy atom. The highest BCUT2D eigenvalue weighted by Crippen LogP contribution is 2.09. The molecule has 0 unspecified atom stereocenters. The number of rotatable bonds is 5. The summed E-state index contributed by atoms with van der Waals surface area (Å²) < 4.78 is 0. The smallest absolute Gasteiger partial charge is 0.315 e. The van der Waals surface area contributed by atoms with Gasteiger partial charge in [-0.3, -0.25) is 0 Å². The highest BCUT2D eigenvalue weighted by molar-refractivity contribution is 5.74. The lowest BCUT2D eigenvalue weighted by molar-refractivity contribution is 0.179. The standard InChI is InChI=1S/C13H28N4O/c1-11(2)14-13(18)15-12-5-7-17(8-6-12)10-9-16(3)4/h11-12H,5-10H2,1-4H3,(H2,14,15,18). The molecule has 5 heteroatoms. The second-order valence-corrected chi connectivity index (χ2v) is 5.69. The van der Waals surface area contributed by atoms with Crippen LogP contribution in [0.3, 0.4) is 0 Å². The Balaban J connectivity index is 2.17. The SMILES string of the molecule is CC(C)NC(=O)NC1CCN(CCN(C)C)CC1. The van der Waals surface area contributed by atoms with Gasteiger partial charge in [0, 0.05) is 38.3 Å². The molecule has 0 aliphatic carbocycles. The molecule has 5 nitrogen and oxygen atoms in total. The third kappa shape index (κ3) is 6.21. The molecule has 0 aromatic heterocycles. The molecule has 1 aliphatic heterocycles. The van der Waals surface area contributed by atoms with Crippen molar-refractivity contribution in [3.05, 3.63) is 0 Å². The zero-order valence-electron chi connectivity index (χ0n) is 12.2. The Bertz CT molecular complexity index is 247. The first kappa shape index (κ1) is 15.2. The van der Waals surface area contributed by atoms with E-state index >= 15 is 0 Å². The Kier molecular flexibility index (Phi) is 6.43. The van der Waals surface area contributed by atoms with Crippen molar-refractivity contribution < 1.29 is 4.79 Å². The van der Waals surface area contributed by atoms with Crippen molar-refractivity contribution in [1.29, 1.82) is 0 Å². The number of urea groups is 1. The maximum absolute atomic E-state index is 11.6. The van der Waals surface area contributed by atoms with E-state index in [1.54, 1.807) is 0 Å². The molecular weight excluding hydrogens is 228 g/mol. The van der Waals surface area contributed by atoms with Crippen molar-refractivity contribution in [2.45, 2.75) is 38.8 Å². The summed E-state index contributed by atoms with van der Waals surface area (Å²) in [4.78, 5) is 16.3. The molecule has 0 saturated carbocycles. The second-order valence-electron chi connectivity index (χ2n) is 5.69. The summed E-state index contributed by atoms with van der Waals surface area (Å²) in [7, 11) is 4.20. The largest absolute Gasteiger partial charge is 0.336 e. The zero-order chi connectivity index (χ0) is 13.5. The molecule has 1 saturated heterocycles. The Labute approximate surface area is 111 Å². The van der Waals surface area contributed by atoms with Gasteiger partial charge >= 0.3 is 6.03 Å². The van der Waals surface area contributed by atoms with Crippen LogP contribution < -0.4 is 10.6 Å². The number of carbonyl (C=O) groups excluding carboxylic acids is 1. The molecule has 1 rings (SSSR count). The van der Waals surface area contributed by atoms with Gasteiger partial charge in [0.2, 0.25) is 0 Å². The van der Waals surface area contributed by atoms with Crippen LogP contribution in [-0.2, 0) is 0 Å². The molecule has 1 heterocycles. The van der Waals surface area contributed by atoms with Gasteiger partial charge in [-0.05, 0) is 40.8 Å². The van der Waals surface area contributed by atoms with Gasteiger partial charge in [0.05, 0.1) is 0 Å². The fourth-order valence-electron chi connectivity index (χ4n) is 2.13. The lowest BCUT2D eigenvalue weighted by Gasteiger charge is -2.33. The fraction of sp³-hybridized carbons (Fsp3) is 0.923. The molecule has 0 radical (unpaired) electrons. The number of likely N-dealkylation sites (tertiary alicyclic amines) is 1. The average Bonchev–Trinajstić information content (AvgIpc) is 2.26. The molecule has 2 amide bonds. The van der Waals surface area contributed by atoms with Gasteiger partial charge in [0.15, 0.2) is 0 Å². The number of nitrogens with zero attached hydrogens (tertiary/aromatic N) is 2. The molecule has 0 aromatic rings. The van der Waals surface area contributed by atoms with Crippen molar-refractivity contribution in [3.8, 4) is 0 Å². The highest BCUT2D eigenvalue weighted by Gasteiger charge is 2.20. The topological polar surface area (TPSA) is 47.6 Å². The van der Waals surface area contributed by atoms with E-state index in [0.717, 1.165) is 39.0 Å². The first-order valence-electron chi connectivity index (χ1n) is 6.91. The molecule has 1 fully saturated rings. The average molecular weight is 256 g/mol. The van der Waals surface area contributed by atoms with E-state index in [9.17, 15) is 4.79 Å². The van der Waals surface area contributed by atoms with Crippen LogP contribution in [0.4, 0.5) is 4.79 Å². The second kappa shape index (κ2) is 7.59. The van der Waals surface area contributed by atoms with Crippen LogP contribution in [-0.4, -0.2) is 68.2 Å². The van der Waals surface area contributed by atoms with E-state index in [2.05, 4.69) is 34.5 Å². The van der Waals surface area contributed by atoms with Gasteiger partial charge in [0.1, 0.15) is 0 Å². The summed E-state index contributed by atoms with van der Waals surface area (Å²) in [5, 5.41) is 5.92. The number of piperidine rings is 1. The lowest BCUT2D eigenvalue weighted by Crippen LogP contribution is -2.49. The van der Waals surface area contributed by atoms with E-state index in [4.69, 9.17) is 0 Å². The van der Waals surface area contributed by atoms with Gasteiger partial charge in [-0.1, -0.05) is 0 Å². The summed E-state index contributed by atoms with van der Waals surface area (Å²) >= 11 is 0. The summed E-state index contributed by atoms with van der Waals surface area (Å²) in [6.07, 6.45) is 2.11. The van der Waals surface area contributed by atoms with Crippen LogP contribution in [0.2, 0.25) is 0 Å². The van der Waals surface area contributed by atoms with Crippen LogP contribution in [0.15, 0.2) is 0 Å². The van der Waals surface area contributed by atoms with Crippen LogP contribution in [0, 0.1) is 0 Å². The van der Waals surface area contributed by atoms with Gasteiger partial charge < -0.3 is 20.4 Å². The number of carbonyl (C=O) groups is 1. The molecular formula is C13H28N4O. The van der Waals surface area contributed by atoms with Crippen LogP contribution in [0.25, 0.3) is 0 Å². The minimum Gasteiger partial charge on any atom is -0.336 e. The molecule has 0 spiro atoms. The maximum Gasteiger partial charge on any atom is 0.315 e. The quantitative estimate of drug-likeness (QED) is 0.762. The minimum absolute atomic E-state index is 0.0308. The van der Waals surface area contributed by atoms with E-state index in [0.29, 0.717) is 6.04 Å². The number of amides is 2. The van der Waals surface area contributed by atoms with E-state index in [1.165, 1.54) is 0 Å². The molecule has 1 aliphatic rings. The summed E-state index contributed by atoms with van der Waals surface area (Å²) in [6.45, 7) is 8.34. The third-order valence-electron chi connectivity index (χ3n) is 3.21. The monoisotopic (exact) mass is 256 g/mol. The predicted molar refractivity (Wildman–Crippen MR) is 74.8 cm³/mol. The first-order valence-corrected chi connectivity index (χ1v) is 6.91. The van der Waals surface area contributed by atoms with Gasteiger partial charge in [0.25, 0.3) is 0 Å². The summed E-state index contributed by atoms with van der Waals surface area (Å²) in [6, 6.07) is 0.501. The Morgan fingerprint density at radius 2 is 1.94 bits per heavy atom. The van der Waals surface area contributed by atoms with Gasteiger partial charge in [-0.2, -0.15) is 0 Å². The van der Waals surface area contributed by atoms with Crippen molar-refractivity contribution in [1.82, 2.24) is 20.4 Å². The molecule has 18 heavy (non-hydrogen) atoms. The number of nitrogens with one attached hydrogen (secondary N) is 2. The van der Waals surface area contributed by atoms with Crippen LogP contribution >= 0.6 is 0 Å². The van der Waals surface area contributed by atoms with Crippen molar-refractivity contribution in [2.24, 2.45) is 0 Å². The van der Waals surface area contributed by atoms with Crippen molar-refractivity contribution in [3.63, 3.8) is 0 Å². The Hall–Kier alpha value is -0.810. The van der Waals surface area contributed by atoms with Gasteiger partial charge in [-0.25, -0.2) is 4.79 Å². The molecule has 0 bridgehead atoms. The molecule has 106 valence electrons. The molecule has 0 aromatic carbocycles. The Morgan fingerprint density at radius 3 is 2.44 bits per heavy atom. The summed E-state index contributed by atoms with van der Waals surface area (Å²) in [5.41, 5.74) is 0. The highest BCUT2D eigenvalue weighted by atomic mass is 16.2. The molecule has 0 atom stereocenters. The lowest BCUT2D eigenvalue weighted by atomic mass is 10.1. The van der Waals surface area contributed by atoms with E-state index in [1.807, 2.05) is 13.8 Å². The zero-order valence-corrected chi connectivity index (χ0v) is 12.2. The third-order valence-corrected chi connectivity index (χ3v) is 3.21. The minimum atomic E-state index is -0.0308. The van der Waals surface area contributed by atoms with E-state index < -0.39 is 0 Å². The predicted octanol–water partition coefficient (Wildman–Crippen LogP) is 0.720.